The molecule has 0 aromatic heterocycles. The highest BCUT2D eigenvalue weighted by molar-refractivity contribution is 5.84. The SMILES string of the molecule is CC(=O)CC(C)(C)C(=O)F. The zero-order valence-corrected chi connectivity index (χ0v) is 6.40. The normalized spacial score (nSPS) is 11.2. The first-order chi connectivity index (χ1) is 4.36. The van der Waals surface area contributed by atoms with Crippen molar-refractivity contribution in [2.24, 2.45) is 5.41 Å². The van der Waals surface area contributed by atoms with Crippen molar-refractivity contribution >= 4 is 11.8 Å². The van der Waals surface area contributed by atoms with Crippen LogP contribution in [0, 0.1) is 5.41 Å². The van der Waals surface area contributed by atoms with Crippen molar-refractivity contribution in [1.82, 2.24) is 0 Å². The maximum Gasteiger partial charge on any atom is 0.307 e. The largest absolute Gasteiger partial charge is 0.307 e. The number of rotatable bonds is 3. The highest BCUT2D eigenvalue weighted by Gasteiger charge is 2.28. The van der Waals surface area contributed by atoms with Crippen LogP contribution in [0.5, 0.6) is 0 Å². The van der Waals surface area contributed by atoms with Gasteiger partial charge < -0.3 is 0 Å². The summed E-state index contributed by atoms with van der Waals surface area (Å²) >= 11 is 0. The first-order valence-electron chi connectivity index (χ1n) is 3.05. The molecular weight excluding hydrogens is 135 g/mol. The highest BCUT2D eigenvalue weighted by Crippen LogP contribution is 2.22. The highest BCUT2D eigenvalue weighted by atomic mass is 19.1. The summed E-state index contributed by atoms with van der Waals surface area (Å²) in [5, 5.41) is 0. The van der Waals surface area contributed by atoms with Crippen LogP contribution in [0.4, 0.5) is 4.39 Å². The third-order valence-corrected chi connectivity index (χ3v) is 1.22. The lowest BCUT2D eigenvalue weighted by molar-refractivity contribution is -0.141. The Labute approximate surface area is 59.4 Å². The topological polar surface area (TPSA) is 34.1 Å². The minimum Gasteiger partial charge on any atom is -0.300 e. The fourth-order valence-corrected chi connectivity index (χ4v) is 0.692. The van der Waals surface area contributed by atoms with Gasteiger partial charge in [-0.2, -0.15) is 4.39 Å². The van der Waals surface area contributed by atoms with E-state index in [0.717, 1.165) is 0 Å². The number of halogens is 1. The molecular formula is C7H11FO2. The van der Waals surface area contributed by atoms with Crippen LogP contribution in [-0.2, 0) is 9.59 Å². The van der Waals surface area contributed by atoms with Gasteiger partial charge in [0.25, 0.3) is 0 Å². The van der Waals surface area contributed by atoms with Gasteiger partial charge in [0.15, 0.2) is 0 Å². The van der Waals surface area contributed by atoms with Crippen molar-refractivity contribution in [2.75, 3.05) is 0 Å². The summed E-state index contributed by atoms with van der Waals surface area (Å²) in [4.78, 5) is 20.6. The molecule has 0 saturated carbocycles. The van der Waals surface area contributed by atoms with Crippen LogP contribution in [0.1, 0.15) is 27.2 Å². The Hall–Kier alpha value is -0.730. The molecule has 0 aliphatic rings. The van der Waals surface area contributed by atoms with Gasteiger partial charge in [-0.05, 0) is 20.8 Å². The summed E-state index contributed by atoms with van der Waals surface area (Å²) < 4.78 is 12.0. The molecule has 58 valence electrons. The summed E-state index contributed by atoms with van der Waals surface area (Å²) in [7, 11) is 0. The van der Waals surface area contributed by atoms with Gasteiger partial charge in [-0.15, -0.1) is 0 Å². The molecule has 0 aliphatic heterocycles. The average molecular weight is 146 g/mol. The van der Waals surface area contributed by atoms with Crippen LogP contribution in [0.25, 0.3) is 0 Å². The van der Waals surface area contributed by atoms with Crippen molar-refractivity contribution in [3.05, 3.63) is 0 Å². The molecule has 0 radical (unpaired) electrons. The van der Waals surface area contributed by atoms with E-state index in [2.05, 4.69) is 0 Å². The second-order valence-corrected chi connectivity index (χ2v) is 3.04. The van der Waals surface area contributed by atoms with Crippen molar-refractivity contribution in [3.63, 3.8) is 0 Å². The molecule has 0 rings (SSSR count). The van der Waals surface area contributed by atoms with Crippen LogP contribution >= 0.6 is 0 Å². The fourth-order valence-electron chi connectivity index (χ4n) is 0.692. The zero-order valence-electron chi connectivity index (χ0n) is 6.40. The van der Waals surface area contributed by atoms with Gasteiger partial charge in [0.05, 0.1) is 5.41 Å². The minimum atomic E-state index is -1.43. The Morgan fingerprint density at radius 1 is 1.40 bits per heavy atom. The van der Waals surface area contributed by atoms with Gasteiger partial charge in [0, 0.05) is 6.42 Å². The maximum atomic E-state index is 12.0. The predicted molar refractivity (Wildman–Crippen MR) is 35.2 cm³/mol. The summed E-state index contributed by atoms with van der Waals surface area (Å²) in [6, 6.07) is -1.43. The molecule has 0 aliphatic carbocycles. The molecule has 0 heterocycles. The molecule has 3 heteroatoms. The van der Waals surface area contributed by atoms with Gasteiger partial charge >= 0.3 is 6.04 Å². The number of hydrogen-bond acceptors (Lipinski definition) is 2. The summed E-state index contributed by atoms with van der Waals surface area (Å²) in [6.45, 7) is 4.16. The van der Waals surface area contributed by atoms with E-state index in [-0.39, 0.29) is 12.2 Å². The Kier molecular flexibility index (Phi) is 2.69. The molecule has 0 saturated heterocycles. The summed E-state index contributed by atoms with van der Waals surface area (Å²) in [5.74, 6) is -0.170. The van der Waals surface area contributed by atoms with Gasteiger partial charge in [0.2, 0.25) is 0 Å². The molecule has 0 aromatic rings. The third kappa shape index (κ3) is 2.71. The smallest absolute Gasteiger partial charge is 0.300 e. The lowest BCUT2D eigenvalue weighted by atomic mass is 9.89. The van der Waals surface area contributed by atoms with Crippen LogP contribution in [0.3, 0.4) is 0 Å². The van der Waals surface area contributed by atoms with E-state index in [1.54, 1.807) is 0 Å². The lowest BCUT2D eigenvalue weighted by Gasteiger charge is -2.14. The molecule has 0 unspecified atom stereocenters. The predicted octanol–water partition coefficient (Wildman–Crippen LogP) is 1.49. The summed E-state index contributed by atoms with van der Waals surface area (Å²) in [5.41, 5.74) is -1.13. The first kappa shape index (κ1) is 9.27. The number of carbonyl (C=O) groups is 2. The van der Waals surface area contributed by atoms with E-state index in [1.807, 2.05) is 0 Å². The van der Waals surface area contributed by atoms with Crippen LogP contribution < -0.4 is 0 Å². The molecule has 0 atom stereocenters. The second-order valence-electron chi connectivity index (χ2n) is 3.04. The Bertz CT molecular complexity index is 161. The van der Waals surface area contributed by atoms with Crippen LogP contribution in [-0.4, -0.2) is 11.8 Å². The molecule has 0 aromatic carbocycles. The monoisotopic (exact) mass is 146 g/mol. The molecule has 0 spiro atoms. The van der Waals surface area contributed by atoms with Gasteiger partial charge in [0.1, 0.15) is 5.78 Å². The molecule has 0 N–H and O–H groups in total. The number of Topliss-reactive ketones (excluding diaryl/α,β-unsaturated/α-hetero) is 1. The summed E-state index contributed by atoms with van der Waals surface area (Å²) in [6.07, 6.45) is -0.0255. The third-order valence-electron chi connectivity index (χ3n) is 1.22. The standard InChI is InChI=1S/C7H11FO2/c1-5(9)4-7(2,3)6(8)10/h4H2,1-3H3. The number of hydrogen-bond donors (Lipinski definition) is 0. The minimum absolute atomic E-state index is 0.0255. The van der Waals surface area contributed by atoms with Gasteiger partial charge in [-0.1, -0.05) is 0 Å². The van der Waals surface area contributed by atoms with Crippen LogP contribution in [0.2, 0.25) is 0 Å². The second kappa shape index (κ2) is 2.90. The van der Waals surface area contributed by atoms with Crippen molar-refractivity contribution in [2.45, 2.75) is 27.2 Å². The van der Waals surface area contributed by atoms with Crippen molar-refractivity contribution in [3.8, 4) is 0 Å². The maximum absolute atomic E-state index is 12.0. The van der Waals surface area contributed by atoms with E-state index in [0.29, 0.717) is 0 Å². The molecule has 0 bridgehead atoms. The van der Waals surface area contributed by atoms with E-state index in [9.17, 15) is 14.0 Å². The van der Waals surface area contributed by atoms with E-state index in [4.69, 9.17) is 0 Å². The Balaban J connectivity index is 4.13. The van der Waals surface area contributed by atoms with Gasteiger partial charge in [-0.3, -0.25) is 9.59 Å². The van der Waals surface area contributed by atoms with E-state index in [1.165, 1.54) is 20.8 Å². The molecule has 10 heavy (non-hydrogen) atoms. The van der Waals surface area contributed by atoms with Crippen molar-refractivity contribution < 1.29 is 14.0 Å². The van der Waals surface area contributed by atoms with E-state index >= 15 is 0 Å². The molecule has 2 nitrogen and oxygen atoms in total. The van der Waals surface area contributed by atoms with Gasteiger partial charge in [-0.25, -0.2) is 0 Å². The first-order valence-corrected chi connectivity index (χ1v) is 3.05. The Morgan fingerprint density at radius 3 is 1.90 bits per heavy atom. The molecule has 0 fully saturated rings. The lowest BCUT2D eigenvalue weighted by Crippen LogP contribution is -2.22. The average Bonchev–Trinajstić information content (AvgIpc) is 1.60. The number of carbonyl (C=O) groups excluding carboxylic acids is 2. The van der Waals surface area contributed by atoms with Crippen molar-refractivity contribution in [1.29, 1.82) is 0 Å². The van der Waals surface area contributed by atoms with Crippen LogP contribution in [0.15, 0.2) is 0 Å². The number of ketones is 1. The molecule has 0 amide bonds. The quantitative estimate of drug-likeness (QED) is 0.565. The zero-order chi connectivity index (χ0) is 8.36. The fraction of sp³-hybridized carbons (Fsp3) is 0.714. The Morgan fingerprint density at radius 2 is 1.80 bits per heavy atom. The van der Waals surface area contributed by atoms with E-state index < -0.39 is 11.5 Å².